The minimum atomic E-state index is -1.03. The van der Waals surface area contributed by atoms with Gasteiger partial charge in [0.2, 0.25) is 5.95 Å². The molecule has 0 saturated carbocycles. The summed E-state index contributed by atoms with van der Waals surface area (Å²) in [6, 6.07) is 1.54. The van der Waals surface area contributed by atoms with E-state index in [0.717, 1.165) is 12.3 Å². The average Bonchev–Trinajstić information content (AvgIpc) is 2.71. The van der Waals surface area contributed by atoms with Gasteiger partial charge in [0, 0.05) is 11.9 Å². The third-order valence-corrected chi connectivity index (χ3v) is 3.93. The number of pyridine rings is 1. The van der Waals surface area contributed by atoms with Crippen molar-refractivity contribution in [2.75, 3.05) is 5.75 Å². The van der Waals surface area contributed by atoms with E-state index < -0.39 is 23.9 Å². The van der Waals surface area contributed by atoms with Crippen molar-refractivity contribution in [1.29, 1.82) is 0 Å². The number of hydrogen-bond donors (Lipinski definition) is 1. The van der Waals surface area contributed by atoms with Crippen LogP contribution >= 0.6 is 11.8 Å². The molecule has 0 radical (unpaired) electrons. The van der Waals surface area contributed by atoms with Gasteiger partial charge in [-0.25, -0.2) is 9.78 Å². The van der Waals surface area contributed by atoms with Crippen LogP contribution in [0.25, 0.3) is 0 Å². The molecule has 1 aliphatic rings. The number of nitrogens with zero attached hydrogens (tertiary/aromatic N) is 2. The lowest BCUT2D eigenvalue weighted by atomic mass is 10.2. The molecule has 1 amide bonds. The van der Waals surface area contributed by atoms with Crippen LogP contribution in [0.3, 0.4) is 0 Å². The standard InChI is InChI=1S/C11H11FN2O3S/c1-6-14(8(5-18-6)11(16)17)10(15)7-2-3-9(12)13-4-7/h2-4,6,8H,5H2,1H3,(H,16,17). The lowest BCUT2D eigenvalue weighted by molar-refractivity contribution is -0.141. The van der Waals surface area contributed by atoms with Gasteiger partial charge in [-0.2, -0.15) is 4.39 Å². The van der Waals surface area contributed by atoms with E-state index in [1.807, 2.05) is 0 Å². The van der Waals surface area contributed by atoms with E-state index >= 15 is 0 Å². The van der Waals surface area contributed by atoms with Crippen LogP contribution in [0, 0.1) is 5.95 Å². The number of carboxylic acids is 1. The van der Waals surface area contributed by atoms with Crippen LogP contribution in [0.4, 0.5) is 4.39 Å². The van der Waals surface area contributed by atoms with Gasteiger partial charge in [-0.3, -0.25) is 4.79 Å². The van der Waals surface area contributed by atoms with Gasteiger partial charge in [0.1, 0.15) is 6.04 Å². The summed E-state index contributed by atoms with van der Waals surface area (Å²) in [5.74, 6) is -1.79. The molecule has 0 spiro atoms. The Labute approximate surface area is 107 Å². The van der Waals surface area contributed by atoms with Crippen molar-refractivity contribution in [3.05, 3.63) is 29.8 Å². The molecule has 1 aromatic rings. The molecule has 0 aliphatic carbocycles. The number of aromatic nitrogens is 1. The van der Waals surface area contributed by atoms with Crippen LogP contribution in [-0.4, -0.2) is 44.0 Å². The average molecular weight is 270 g/mol. The Kier molecular flexibility index (Phi) is 3.51. The molecule has 1 N–H and O–H groups in total. The summed E-state index contributed by atoms with van der Waals surface area (Å²) in [4.78, 5) is 27.9. The summed E-state index contributed by atoms with van der Waals surface area (Å²) < 4.78 is 12.7. The van der Waals surface area contributed by atoms with Crippen LogP contribution in [0.2, 0.25) is 0 Å². The van der Waals surface area contributed by atoms with E-state index in [1.54, 1.807) is 6.92 Å². The zero-order chi connectivity index (χ0) is 13.3. The summed E-state index contributed by atoms with van der Waals surface area (Å²) in [6.07, 6.45) is 1.12. The van der Waals surface area contributed by atoms with Gasteiger partial charge in [0.25, 0.3) is 5.91 Å². The fourth-order valence-corrected chi connectivity index (χ4v) is 2.96. The summed E-state index contributed by atoms with van der Waals surface area (Å²) in [5, 5.41) is 8.84. The summed E-state index contributed by atoms with van der Waals surface area (Å²) in [6.45, 7) is 1.77. The first-order valence-corrected chi connectivity index (χ1v) is 6.34. The molecule has 1 aromatic heterocycles. The Balaban J connectivity index is 2.26. The topological polar surface area (TPSA) is 70.5 Å². The smallest absolute Gasteiger partial charge is 0.327 e. The van der Waals surface area contributed by atoms with E-state index in [9.17, 15) is 14.0 Å². The molecule has 0 aromatic carbocycles. The van der Waals surface area contributed by atoms with Gasteiger partial charge in [-0.1, -0.05) is 0 Å². The van der Waals surface area contributed by atoms with Gasteiger partial charge in [0.05, 0.1) is 10.9 Å². The minimum absolute atomic E-state index is 0.192. The Hall–Kier alpha value is -1.63. The number of halogens is 1. The molecule has 96 valence electrons. The summed E-state index contributed by atoms with van der Waals surface area (Å²) in [5.41, 5.74) is 0.192. The molecular formula is C11H11FN2O3S. The Morgan fingerprint density at radius 2 is 2.28 bits per heavy atom. The Morgan fingerprint density at radius 1 is 1.56 bits per heavy atom. The third kappa shape index (κ3) is 2.31. The number of carbonyl (C=O) groups excluding carboxylic acids is 1. The molecule has 18 heavy (non-hydrogen) atoms. The van der Waals surface area contributed by atoms with Crippen molar-refractivity contribution in [3.63, 3.8) is 0 Å². The van der Waals surface area contributed by atoms with Crippen molar-refractivity contribution in [1.82, 2.24) is 9.88 Å². The zero-order valence-electron chi connectivity index (χ0n) is 9.54. The third-order valence-electron chi connectivity index (χ3n) is 2.72. The lowest BCUT2D eigenvalue weighted by Gasteiger charge is -2.24. The number of amides is 1. The van der Waals surface area contributed by atoms with Crippen LogP contribution in [0.1, 0.15) is 17.3 Å². The monoisotopic (exact) mass is 270 g/mol. The molecule has 1 aliphatic heterocycles. The first-order chi connectivity index (χ1) is 8.50. The zero-order valence-corrected chi connectivity index (χ0v) is 10.4. The molecule has 2 atom stereocenters. The number of aliphatic carboxylic acids is 1. The molecular weight excluding hydrogens is 259 g/mol. The van der Waals surface area contributed by atoms with Crippen LogP contribution < -0.4 is 0 Å². The quantitative estimate of drug-likeness (QED) is 0.818. The fraction of sp³-hybridized carbons (Fsp3) is 0.364. The van der Waals surface area contributed by atoms with E-state index in [2.05, 4.69) is 4.98 Å². The Bertz CT molecular complexity index is 480. The fourth-order valence-electron chi connectivity index (χ4n) is 1.79. The van der Waals surface area contributed by atoms with Gasteiger partial charge < -0.3 is 10.0 Å². The molecule has 5 nitrogen and oxygen atoms in total. The molecule has 0 bridgehead atoms. The minimum Gasteiger partial charge on any atom is -0.480 e. The number of carbonyl (C=O) groups is 2. The summed E-state index contributed by atoms with van der Waals surface area (Å²) >= 11 is 1.40. The van der Waals surface area contributed by atoms with Gasteiger partial charge >= 0.3 is 5.97 Å². The maximum Gasteiger partial charge on any atom is 0.327 e. The maximum atomic E-state index is 12.7. The molecule has 1 fully saturated rings. The van der Waals surface area contributed by atoms with Crippen molar-refractivity contribution in [2.24, 2.45) is 0 Å². The molecule has 1 saturated heterocycles. The van der Waals surface area contributed by atoms with E-state index in [4.69, 9.17) is 5.11 Å². The number of rotatable bonds is 2. The number of carboxylic acid groups (broad SMARTS) is 1. The molecule has 7 heteroatoms. The normalized spacial score (nSPS) is 23.1. The van der Waals surface area contributed by atoms with Crippen LogP contribution in [-0.2, 0) is 4.79 Å². The highest BCUT2D eigenvalue weighted by Crippen LogP contribution is 2.30. The largest absolute Gasteiger partial charge is 0.480 e. The second kappa shape index (κ2) is 4.93. The van der Waals surface area contributed by atoms with Crippen molar-refractivity contribution in [2.45, 2.75) is 18.3 Å². The van der Waals surface area contributed by atoms with Gasteiger partial charge in [0.15, 0.2) is 0 Å². The van der Waals surface area contributed by atoms with Gasteiger partial charge in [-0.15, -0.1) is 11.8 Å². The SMILES string of the molecule is CC1SCC(C(=O)O)N1C(=O)c1ccc(F)nc1. The lowest BCUT2D eigenvalue weighted by Crippen LogP contribution is -2.44. The van der Waals surface area contributed by atoms with Crippen molar-refractivity contribution < 1.29 is 19.1 Å². The van der Waals surface area contributed by atoms with Gasteiger partial charge in [-0.05, 0) is 19.1 Å². The summed E-state index contributed by atoms with van der Waals surface area (Å²) in [7, 11) is 0. The molecule has 2 rings (SSSR count). The highest BCUT2D eigenvalue weighted by atomic mass is 32.2. The second-order valence-electron chi connectivity index (χ2n) is 3.87. The van der Waals surface area contributed by atoms with Crippen molar-refractivity contribution in [3.8, 4) is 0 Å². The maximum absolute atomic E-state index is 12.7. The molecule has 2 unspecified atom stereocenters. The van der Waals surface area contributed by atoms with E-state index in [0.29, 0.717) is 5.75 Å². The molecule has 2 heterocycles. The second-order valence-corrected chi connectivity index (χ2v) is 5.22. The van der Waals surface area contributed by atoms with Crippen molar-refractivity contribution >= 4 is 23.6 Å². The first kappa shape index (κ1) is 12.8. The van der Waals surface area contributed by atoms with E-state index in [-0.39, 0.29) is 10.9 Å². The number of hydrogen-bond acceptors (Lipinski definition) is 4. The van der Waals surface area contributed by atoms with Crippen LogP contribution in [0.15, 0.2) is 18.3 Å². The van der Waals surface area contributed by atoms with E-state index in [1.165, 1.54) is 22.7 Å². The predicted molar refractivity (Wildman–Crippen MR) is 63.7 cm³/mol. The highest BCUT2D eigenvalue weighted by Gasteiger charge is 2.39. The Morgan fingerprint density at radius 3 is 2.83 bits per heavy atom. The van der Waals surface area contributed by atoms with Crippen LogP contribution in [0.5, 0.6) is 0 Å². The predicted octanol–water partition coefficient (Wildman–Crippen LogP) is 1.21. The number of thioether (sulfide) groups is 1. The highest BCUT2D eigenvalue weighted by molar-refractivity contribution is 8.00. The first-order valence-electron chi connectivity index (χ1n) is 5.29.